The third kappa shape index (κ3) is 0.935. The highest BCUT2D eigenvalue weighted by atomic mass is 16.6. The maximum absolute atomic E-state index is 7.12. The van der Waals surface area contributed by atoms with Crippen LogP contribution in [0.15, 0.2) is 0 Å². The lowest BCUT2D eigenvalue weighted by Crippen LogP contribution is -2.58. The van der Waals surface area contributed by atoms with Crippen LogP contribution in [0.4, 0.5) is 0 Å². The van der Waals surface area contributed by atoms with Gasteiger partial charge in [0.1, 0.15) is 11.2 Å². The molecule has 0 aromatic heterocycles. The first-order valence-corrected chi connectivity index (χ1v) is 9.28. The molecule has 0 radical (unpaired) electrons. The van der Waals surface area contributed by atoms with E-state index in [0.29, 0.717) is 21.7 Å². The maximum Gasteiger partial charge on any atom is 0.110 e. The molecule has 0 N–H and O–H groups in total. The highest BCUT2D eigenvalue weighted by Crippen LogP contribution is 2.90. The summed E-state index contributed by atoms with van der Waals surface area (Å²) in [7, 11) is 0. The molecule has 4 bridgehead atoms. The normalized spacial score (nSPS) is 64.9. The Morgan fingerprint density at radius 2 is 1.05 bits per heavy atom. The minimum atomic E-state index is 0.170. The van der Waals surface area contributed by atoms with Gasteiger partial charge in [0.05, 0.1) is 0 Å². The SMILES string of the molecule is CC1(C)[C@H]2CC[C@](C)(C2)C12OC21C(C)(C)[C@H]2CC[C@]1(C)C2. The number of epoxide rings is 1. The molecule has 1 saturated heterocycles. The summed E-state index contributed by atoms with van der Waals surface area (Å²) in [4.78, 5) is 0. The Labute approximate surface area is 130 Å². The molecule has 0 aromatic carbocycles. The van der Waals surface area contributed by atoms with Crippen LogP contribution in [0.5, 0.6) is 0 Å². The summed E-state index contributed by atoms with van der Waals surface area (Å²) >= 11 is 0. The summed E-state index contributed by atoms with van der Waals surface area (Å²) in [5.41, 5.74) is 1.94. The van der Waals surface area contributed by atoms with Crippen LogP contribution in [0.3, 0.4) is 0 Å². The average molecular weight is 288 g/mol. The van der Waals surface area contributed by atoms with E-state index in [1.807, 2.05) is 0 Å². The number of rotatable bonds is 0. The van der Waals surface area contributed by atoms with Gasteiger partial charge in [-0.15, -0.1) is 0 Å². The van der Waals surface area contributed by atoms with E-state index in [4.69, 9.17) is 4.74 Å². The number of fused-ring (bicyclic) bond motifs is 7. The molecule has 1 heteroatoms. The fourth-order valence-electron chi connectivity index (χ4n) is 8.95. The second-order valence-corrected chi connectivity index (χ2v) is 10.9. The van der Waals surface area contributed by atoms with E-state index in [9.17, 15) is 0 Å². The van der Waals surface area contributed by atoms with Gasteiger partial charge in [0.15, 0.2) is 0 Å². The van der Waals surface area contributed by atoms with Crippen LogP contribution >= 0.6 is 0 Å². The monoisotopic (exact) mass is 288 g/mol. The molecular formula is C20H32O. The van der Waals surface area contributed by atoms with Gasteiger partial charge in [-0.2, -0.15) is 0 Å². The van der Waals surface area contributed by atoms with Crippen molar-refractivity contribution in [1.29, 1.82) is 0 Å². The Hall–Kier alpha value is -0.0400. The van der Waals surface area contributed by atoms with Gasteiger partial charge < -0.3 is 4.74 Å². The molecule has 1 heterocycles. The Morgan fingerprint density at radius 3 is 1.33 bits per heavy atom. The summed E-state index contributed by atoms with van der Waals surface area (Å²) in [6, 6.07) is 0. The first kappa shape index (κ1) is 13.4. The molecule has 5 rings (SSSR count). The van der Waals surface area contributed by atoms with Crippen molar-refractivity contribution in [3.05, 3.63) is 0 Å². The lowest BCUT2D eigenvalue weighted by molar-refractivity contribution is 0.0164. The van der Waals surface area contributed by atoms with E-state index in [1.165, 1.54) is 38.5 Å². The molecule has 5 aliphatic rings. The molecule has 4 saturated carbocycles. The predicted octanol–water partition coefficient (Wildman–Crippen LogP) is 5.19. The van der Waals surface area contributed by atoms with Crippen LogP contribution in [0.2, 0.25) is 0 Å². The number of ether oxygens (including phenoxy) is 1. The van der Waals surface area contributed by atoms with Crippen molar-refractivity contribution in [3.63, 3.8) is 0 Å². The van der Waals surface area contributed by atoms with Gasteiger partial charge in [-0.05, 0) is 50.4 Å². The van der Waals surface area contributed by atoms with Crippen LogP contribution in [-0.4, -0.2) is 11.2 Å². The molecule has 21 heavy (non-hydrogen) atoms. The Kier molecular flexibility index (Phi) is 1.91. The maximum atomic E-state index is 7.12. The molecule has 1 nitrogen and oxygen atoms in total. The van der Waals surface area contributed by atoms with Gasteiger partial charge in [0, 0.05) is 21.7 Å². The van der Waals surface area contributed by atoms with Crippen molar-refractivity contribution in [1.82, 2.24) is 0 Å². The zero-order chi connectivity index (χ0) is 15.1. The molecule has 4 aliphatic carbocycles. The third-order valence-electron chi connectivity index (χ3n) is 9.80. The van der Waals surface area contributed by atoms with Gasteiger partial charge in [-0.3, -0.25) is 0 Å². The van der Waals surface area contributed by atoms with Crippen LogP contribution < -0.4 is 0 Å². The van der Waals surface area contributed by atoms with E-state index in [-0.39, 0.29) is 11.2 Å². The first-order chi connectivity index (χ1) is 9.58. The molecule has 118 valence electrons. The van der Waals surface area contributed by atoms with Crippen LogP contribution in [0.25, 0.3) is 0 Å². The highest BCUT2D eigenvalue weighted by molar-refractivity contribution is 5.43. The van der Waals surface area contributed by atoms with Crippen LogP contribution in [0.1, 0.15) is 80.1 Å². The van der Waals surface area contributed by atoms with E-state index >= 15 is 0 Å². The zero-order valence-electron chi connectivity index (χ0n) is 14.8. The molecule has 5 fully saturated rings. The summed E-state index contributed by atoms with van der Waals surface area (Å²) < 4.78 is 7.12. The summed E-state index contributed by atoms with van der Waals surface area (Å²) in [5, 5.41) is 0. The van der Waals surface area contributed by atoms with Crippen molar-refractivity contribution in [2.75, 3.05) is 0 Å². The van der Waals surface area contributed by atoms with Gasteiger partial charge in [0.25, 0.3) is 0 Å². The fourth-order valence-corrected chi connectivity index (χ4v) is 8.95. The molecular weight excluding hydrogens is 256 g/mol. The number of hydrogen-bond donors (Lipinski definition) is 0. The standard InChI is InChI=1S/C20H32O/c1-15(2)13-7-9-17(5,11-13)19(15)20(21-19)16(3,4)14-8-10-18(20,6)12-14/h13-14H,7-12H2,1-6H3/t13-,14-,17+,18+,19?,20?/m0/s1. The lowest BCUT2D eigenvalue weighted by atomic mass is 9.49. The molecule has 0 amide bonds. The quantitative estimate of drug-likeness (QED) is 0.559. The van der Waals surface area contributed by atoms with Crippen molar-refractivity contribution in [3.8, 4) is 0 Å². The van der Waals surface area contributed by atoms with E-state index in [2.05, 4.69) is 41.5 Å². The highest BCUT2D eigenvalue weighted by Gasteiger charge is 2.96. The second kappa shape index (κ2) is 2.99. The minimum Gasteiger partial charge on any atom is -0.360 e. The van der Waals surface area contributed by atoms with Crippen LogP contribution in [-0.2, 0) is 4.74 Å². The Morgan fingerprint density at radius 1 is 0.667 bits per heavy atom. The predicted molar refractivity (Wildman–Crippen MR) is 85.0 cm³/mol. The molecule has 2 unspecified atom stereocenters. The Balaban J connectivity index is 1.74. The van der Waals surface area contributed by atoms with E-state index in [1.54, 1.807) is 0 Å². The summed E-state index contributed by atoms with van der Waals surface area (Å²) in [6.45, 7) is 15.3. The summed E-state index contributed by atoms with van der Waals surface area (Å²) in [6.07, 6.45) is 8.51. The average Bonchev–Trinajstić information content (AvgIpc) is 2.58. The molecule has 1 aliphatic heterocycles. The fraction of sp³-hybridized carbons (Fsp3) is 1.00. The third-order valence-corrected chi connectivity index (χ3v) is 9.80. The largest absolute Gasteiger partial charge is 0.360 e. The first-order valence-electron chi connectivity index (χ1n) is 9.28. The summed E-state index contributed by atoms with van der Waals surface area (Å²) in [5.74, 6) is 1.78. The number of hydrogen-bond acceptors (Lipinski definition) is 1. The van der Waals surface area contributed by atoms with Crippen LogP contribution in [0, 0.1) is 33.5 Å². The van der Waals surface area contributed by atoms with Crippen molar-refractivity contribution in [2.24, 2.45) is 33.5 Å². The van der Waals surface area contributed by atoms with Gasteiger partial charge >= 0.3 is 0 Å². The smallest absolute Gasteiger partial charge is 0.110 e. The van der Waals surface area contributed by atoms with Gasteiger partial charge in [0.2, 0.25) is 0 Å². The molecule has 6 atom stereocenters. The van der Waals surface area contributed by atoms with Crippen molar-refractivity contribution in [2.45, 2.75) is 91.3 Å². The van der Waals surface area contributed by atoms with Gasteiger partial charge in [-0.1, -0.05) is 41.5 Å². The zero-order valence-corrected chi connectivity index (χ0v) is 14.8. The lowest BCUT2D eigenvalue weighted by Gasteiger charge is -2.50. The van der Waals surface area contributed by atoms with E-state index < -0.39 is 0 Å². The van der Waals surface area contributed by atoms with E-state index in [0.717, 1.165) is 11.8 Å². The van der Waals surface area contributed by atoms with Gasteiger partial charge in [-0.25, -0.2) is 0 Å². The molecule has 2 spiro atoms. The minimum absolute atomic E-state index is 0.170. The topological polar surface area (TPSA) is 12.5 Å². The second-order valence-electron chi connectivity index (χ2n) is 10.9. The molecule has 0 aromatic rings. The Bertz CT molecular complexity index is 487. The van der Waals surface area contributed by atoms with Crippen molar-refractivity contribution < 1.29 is 4.74 Å². The van der Waals surface area contributed by atoms with Crippen molar-refractivity contribution >= 4 is 0 Å².